The molecule has 5 nitrogen and oxygen atoms in total. The molecule has 0 fully saturated rings. The summed E-state index contributed by atoms with van der Waals surface area (Å²) in [5, 5.41) is 13.0. The van der Waals surface area contributed by atoms with E-state index in [-0.39, 0.29) is 11.8 Å². The lowest BCUT2D eigenvalue weighted by atomic mass is 9.95. The maximum Gasteiger partial charge on any atom is 0.254 e. The van der Waals surface area contributed by atoms with Gasteiger partial charge in [-0.25, -0.2) is 0 Å². The number of amides is 2. The Labute approximate surface area is 131 Å². The number of para-hydroxylation sites is 1. The Balaban J connectivity index is 2.48. The molecule has 0 spiro atoms. The molecule has 1 aromatic carbocycles. The molecule has 1 heterocycles. The van der Waals surface area contributed by atoms with E-state index in [0.717, 1.165) is 17.7 Å². The summed E-state index contributed by atoms with van der Waals surface area (Å²) in [4.78, 5) is 26.8. The molecular weight excluding hydrogens is 280 g/mol. The van der Waals surface area contributed by atoms with E-state index in [0.29, 0.717) is 6.54 Å². The topological polar surface area (TPSA) is 69.6 Å². The number of hydrogen-bond acceptors (Lipinski definition) is 3. The number of nitrogens with one attached hydrogen (secondary N) is 1. The van der Waals surface area contributed by atoms with Crippen LogP contribution in [0.1, 0.15) is 39.7 Å². The van der Waals surface area contributed by atoms with E-state index in [1.165, 1.54) is 18.7 Å². The Morgan fingerprint density at radius 3 is 2.68 bits per heavy atom. The molecule has 1 aromatic rings. The van der Waals surface area contributed by atoms with Crippen molar-refractivity contribution in [2.24, 2.45) is 5.92 Å². The van der Waals surface area contributed by atoms with Crippen LogP contribution >= 0.6 is 0 Å². The molecule has 1 unspecified atom stereocenters. The molecule has 0 saturated heterocycles. The molecule has 2 atom stereocenters. The molecule has 2 rings (SSSR count). The van der Waals surface area contributed by atoms with Crippen LogP contribution in [0.5, 0.6) is 0 Å². The predicted octanol–water partition coefficient (Wildman–Crippen LogP) is 2.15. The zero-order chi connectivity index (χ0) is 16.5. The third kappa shape index (κ3) is 3.14. The van der Waals surface area contributed by atoms with Gasteiger partial charge in [-0.1, -0.05) is 38.5 Å². The number of fused-ring (bicyclic) bond motifs is 1. The van der Waals surface area contributed by atoms with Gasteiger partial charge >= 0.3 is 0 Å². The fourth-order valence-electron chi connectivity index (χ4n) is 2.75. The molecule has 0 radical (unpaired) electrons. The summed E-state index contributed by atoms with van der Waals surface area (Å²) < 4.78 is 0. The summed E-state index contributed by atoms with van der Waals surface area (Å²) in [6.45, 7) is 7.16. The number of benzene rings is 1. The van der Waals surface area contributed by atoms with E-state index in [1.54, 1.807) is 0 Å². The van der Waals surface area contributed by atoms with Crippen molar-refractivity contribution in [1.29, 1.82) is 0 Å². The van der Waals surface area contributed by atoms with Crippen molar-refractivity contribution in [2.45, 2.75) is 52.3 Å². The van der Waals surface area contributed by atoms with Gasteiger partial charge in [0.05, 0.1) is 0 Å². The second-order valence-corrected chi connectivity index (χ2v) is 6.47. The summed E-state index contributed by atoms with van der Waals surface area (Å²) in [5.41, 5.74) is 0.0942. The summed E-state index contributed by atoms with van der Waals surface area (Å²) in [7, 11) is 0. The second-order valence-electron chi connectivity index (χ2n) is 6.47. The van der Waals surface area contributed by atoms with Crippen molar-refractivity contribution in [3.63, 3.8) is 0 Å². The van der Waals surface area contributed by atoms with Crippen molar-refractivity contribution >= 4 is 17.5 Å². The zero-order valence-electron chi connectivity index (χ0n) is 13.6. The molecule has 120 valence electrons. The van der Waals surface area contributed by atoms with Crippen LogP contribution in [0, 0.1) is 5.92 Å². The number of aliphatic hydroxyl groups is 1. The molecule has 22 heavy (non-hydrogen) atoms. The standard InChI is InChI=1S/C17H24N2O3/c1-5-11(2)14-15(20)18-13-9-7-6-8-12(13)10-19(14)16(21)17(3,4)22/h6-9,11,14,22H,5,10H2,1-4H3,(H,18,20)/t11?,14-/m0/s1. The first-order valence-electron chi connectivity index (χ1n) is 7.68. The molecule has 2 N–H and O–H groups in total. The highest BCUT2D eigenvalue weighted by molar-refractivity contribution is 6.00. The minimum atomic E-state index is -1.51. The number of anilines is 1. The molecular formula is C17H24N2O3. The highest BCUT2D eigenvalue weighted by Crippen LogP contribution is 2.28. The van der Waals surface area contributed by atoms with E-state index in [4.69, 9.17) is 0 Å². The average molecular weight is 304 g/mol. The SMILES string of the molecule is CCC(C)[C@H]1C(=O)Nc2ccccc2CN1C(=O)C(C)(C)O. The Bertz CT molecular complexity index is 578. The van der Waals surface area contributed by atoms with Gasteiger partial charge in [0.15, 0.2) is 0 Å². The normalized spacial score (nSPS) is 20.0. The molecule has 0 aliphatic carbocycles. The fourth-order valence-corrected chi connectivity index (χ4v) is 2.75. The number of rotatable bonds is 3. The third-order valence-electron chi connectivity index (χ3n) is 4.19. The summed E-state index contributed by atoms with van der Waals surface area (Å²) >= 11 is 0. The van der Waals surface area contributed by atoms with E-state index >= 15 is 0 Å². The first-order valence-corrected chi connectivity index (χ1v) is 7.68. The first kappa shape index (κ1) is 16.5. The van der Waals surface area contributed by atoms with E-state index in [1.807, 2.05) is 38.1 Å². The fraction of sp³-hybridized carbons (Fsp3) is 0.529. The number of carbonyl (C=O) groups is 2. The number of hydrogen-bond donors (Lipinski definition) is 2. The molecule has 5 heteroatoms. The van der Waals surface area contributed by atoms with Crippen LogP contribution in [0.25, 0.3) is 0 Å². The average Bonchev–Trinajstić information content (AvgIpc) is 2.60. The van der Waals surface area contributed by atoms with Gasteiger partial charge in [-0.2, -0.15) is 0 Å². The molecule has 1 aliphatic heterocycles. The number of carbonyl (C=O) groups excluding carboxylic acids is 2. The first-order chi connectivity index (χ1) is 10.3. The van der Waals surface area contributed by atoms with Crippen molar-refractivity contribution in [2.75, 3.05) is 5.32 Å². The Morgan fingerprint density at radius 1 is 1.45 bits per heavy atom. The van der Waals surface area contributed by atoms with Crippen LogP contribution in [0.3, 0.4) is 0 Å². The predicted molar refractivity (Wildman–Crippen MR) is 85.2 cm³/mol. The van der Waals surface area contributed by atoms with E-state index in [2.05, 4.69) is 5.32 Å². The van der Waals surface area contributed by atoms with Gasteiger partial charge in [0.25, 0.3) is 5.91 Å². The third-order valence-corrected chi connectivity index (χ3v) is 4.19. The van der Waals surface area contributed by atoms with Crippen LogP contribution in [0.2, 0.25) is 0 Å². The van der Waals surface area contributed by atoms with Crippen molar-refractivity contribution < 1.29 is 14.7 Å². The zero-order valence-corrected chi connectivity index (χ0v) is 13.6. The van der Waals surface area contributed by atoms with Gasteiger partial charge < -0.3 is 15.3 Å². The van der Waals surface area contributed by atoms with Gasteiger partial charge in [0.1, 0.15) is 11.6 Å². The van der Waals surface area contributed by atoms with Crippen molar-refractivity contribution in [1.82, 2.24) is 4.90 Å². The minimum absolute atomic E-state index is 0.000567. The largest absolute Gasteiger partial charge is 0.381 e. The Kier molecular flexibility index (Phi) is 4.56. The molecule has 0 aromatic heterocycles. The summed E-state index contributed by atoms with van der Waals surface area (Å²) in [6, 6.07) is 6.86. The highest BCUT2D eigenvalue weighted by atomic mass is 16.3. The maximum absolute atomic E-state index is 12.7. The lowest BCUT2D eigenvalue weighted by molar-refractivity contribution is -0.155. The van der Waals surface area contributed by atoms with Crippen LogP contribution in [0.4, 0.5) is 5.69 Å². The van der Waals surface area contributed by atoms with Gasteiger partial charge in [-0.15, -0.1) is 0 Å². The Morgan fingerprint density at radius 2 is 2.09 bits per heavy atom. The quantitative estimate of drug-likeness (QED) is 0.899. The molecule has 2 amide bonds. The van der Waals surface area contributed by atoms with Crippen molar-refractivity contribution in [3.8, 4) is 0 Å². The van der Waals surface area contributed by atoms with Crippen LogP contribution in [-0.2, 0) is 16.1 Å². The maximum atomic E-state index is 12.7. The second kappa shape index (κ2) is 6.08. The lowest BCUT2D eigenvalue weighted by Gasteiger charge is -2.35. The van der Waals surface area contributed by atoms with Crippen LogP contribution in [0.15, 0.2) is 24.3 Å². The monoisotopic (exact) mass is 304 g/mol. The van der Waals surface area contributed by atoms with Crippen LogP contribution < -0.4 is 5.32 Å². The number of nitrogens with zero attached hydrogens (tertiary/aromatic N) is 1. The van der Waals surface area contributed by atoms with Gasteiger partial charge in [0, 0.05) is 12.2 Å². The highest BCUT2D eigenvalue weighted by Gasteiger charge is 2.40. The van der Waals surface area contributed by atoms with Gasteiger partial charge in [0.2, 0.25) is 5.91 Å². The lowest BCUT2D eigenvalue weighted by Crippen LogP contribution is -2.54. The van der Waals surface area contributed by atoms with Gasteiger partial charge in [-0.3, -0.25) is 9.59 Å². The molecule has 0 saturated carbocycles. The Hall–Kier alpha value is -1.88. The van der Waals surface area contributed by atoms with Crippen LogP contribution in [-0.4, -0.2) is 33.5 Å². The smallest absolute Gasteiger partial charge is 0.254 e. The minimum Gasteiger partial charge on any atom is -0.381 e. The summed E-state index contributed by atoms with van der Waals surface area (Å²) in [6.07, 6.45) is 0.768. The van der Waals surface area contributed by atoms with Crippen molar-refractivity contribution in [3.05, 3.63) is 29.8 Å². The van der Waals surface area contributed by atoms with E-state index in [9.17, 15) is 14.7 Å². The van der Waals surface area contributed by atoms with E-state index < -0.39 is 17.6 Å². The summed E-state index contributed by atoms with van der Waals surface area (Å²) in [5.74, 6) is -0.623. The molecule has 1 aliphatic rings. The van der Waals surface area contributed by atoms with Gasteiger partial charge in [-0.05, 0) is 31.4 Å². The molecule has 0 bridgehead atoms.